The number of rotatable bonds is 3. The Morgan fingerprint density at radius 3 is 3.04 bits per heavy atom. The summed E-state index contributed by atoms with van der Waals surface area (Å²) in [6.07, 6.45) is 6.61. The van der Waals surface area contributed by atoms with Crippen LogP contribution < -0.4 is 5.32 Å². The zero-order valence-electron chi connectivity index (χ0n) is 13.7. The van der Waals surface area contributed by atoms with Gasteiger partial charge in [-0.25, -0.2) is 0 Å². The van der Waals surface area contributed by atoms with E-state index in [0.29, 0.717) is 18.8 Å². The van der Waals surface area contributed by atoms with Gasteiger partial charge in [-0.2, -0.15) is 15.5 Å². The monoisotopic (exact) mass is 335 g/mol. The number of nitrogens with one attached hydrogen (secondary N) is 2. The van der Waals surface area contributed by atoms with Crippen molar-refractivity contribution in [1.29, 1.82) is 5.26 Å². The fourth-order valence-electron chi connectivity index (χ4n) is 3.17. The maximum Gasteiger partial charge on any atom is 0.272 e. The summed E-state index contributed by atoms with van der Waals surface area (Å²) in [4.78, 5) is 14.2. The number of benzene rings is 1. The maximum absolute atomic E-state index is 12.5. The van der Waals surface area contributed by atoms with Crippen molar-refractivity contribution in [3.63, 3.8) is 0 Å². The zero-order valence-corrected chi connectivity index (χ0v) is 13.7. The molecule has 1 amide bonds. The number of hydrogen-bond acceptors (Lipinski definition) is 5. The third kappa shape index (κ3) is 2.80. The molecule has 1 atom stereocenters. The number of carbonyl (C=O) groups is 1. The Kier molecular flexibility index (Phi) is 3.61. The Hall–Kier alpha value is -3.34. The minimum absolute atomic E-state index is 0.0198. The molecule has 25 heavy (non-hydrogen) atoms. The molecule has 0 bridgehead atoms. The molecule has 1 aliphatic rings. The second-order valence-electron chi connectivity index (χ2n) is 6.24. The smallest absolute Gasteiger partial charge is 0.272 e. The highest BCUT2D eigenvalue weighted by atomic mass is 16.2. The van der Waals surface area contributed by atoms with Crippen LogP contribution in [0.4, 0.5) is 0 Å². The maximum atomic E-state index is 12.5. The SMILES string of the molecule is Cn1cc(-c2ccc3c(C(=O)N[C@@H]4CCN(C#N)C4)n[nH]c3c2)cn1. The van der Waals surface area contributed by atoms with Crippen LogP contribution in [0.2, 0.25) is 0 Å². The molecule has 3 heterocycles. The average molecular weight is 335 g/mol. The number of nitrogens with zero attached hydrogens (tertiary/aromatic N) is 5. The number of aromatic amines is 1. The van der Waals surface area contributed by atoms with E-state index in [9.17, 15) is 4.79 Å². The first-order chi connectivity index (χ1) is 12.1. The average Bonchev–Trinajstić information content (AvgIpc) is 3.33. The molecule has 8 nitrogen and oxygen atoms in total. The highest BCUT2D eigenvalue weighted by molar-refractivity contribution is 6.05. The van der Waals surface area contributed by atoms with E-state index in [2.05, 4.69) is 26.8 Å². The first kappa shape index (κ1) is 15.2. The number of fused-ring (bicyclic) bond motifs is 1. The Morgan fingerprint density at radius 2 is 2.32 bits per heavy atom. The van der Waals surface area contributed by atoms with Gasteiger partial charge in [0.1, 0.15) is 0 Å². The molecule has 1 aromatic carbocycles. The molecule has 2 aromatic heterocycles. The quantitative estimate of drug-likeness (QED) is 0.701. The molecule has 1 aliphatic heterocycles. The molecule has 0 unspecified atom stereocenters. The van der Waals surface area contributed by atoms with Gasteiger partial charge >= 0.3 is 0 Å². The number of H-pyrrole nitrogens is 1. The predicted molar refractivity (Wildman–Crippen MR) is 91.4 cm³/mol. The molecule has 0 saturated carbocycles. The molecule has 0 spiro atoms. The first-order valence-corrected chi connectivity index (χ1v) is 8.07. The number of likely N-dealkylation sites (tertiary alicyclic amines) is 1. The van der Waals surface area contributed by atoms with E-state index in [1.807, 2.05) is 31.4 Å². The van der Waals surface area contributed by atoms with Crippen LogP contribution in [0.5, 0.6) is 0 Å². The summed E-state index contributed by atoms with van der Waals surface area (Å²) in [7, 11) is 1.87. The van der Waals surface area contributed by atoms with Crippen LogP contribution in [0.25, 0.3) is 22.0 Å². The summed E-state index contributed by atoms with van der Waals surface area (Å²) in [6.45, 7) is 1.23. The number of nitriles is 1. The van der Waals surface area contributed by atoms with Crippen LogP contribution in [0.1, 0.15) is 16.9 Å². The van der Waals surface area contributed by atoms with Crippen LogP contribution >= 0.6 is 0 Å². The van der Waals surface area contributed by atoms with Gasteiger partial charge in [-0.15, -0.1) is 0 Å². The van der Waals surface area contributed by atoms with Crippen molar-refractivity contribution in [3.8, 4) is 17.3 Å². The normalized spacial score (nSPS) is 17.0. The number of aromatic nitrogens is 4. The van der Waals surface area contributed by atoms with Crippen molar-refractivity contribution in [2.75, 3.05) is 13.1 Å². The van der Waals surface area contributed by atoms with Crippen LogP contribution in [-0.4, -0.2) is 49.9 Å². The summed E-state index contributed by atoms with van der Waals surface area (Å²) >= 11 is 0. The van der Waals surface area contributed by atoms with E-state index in [-0.39, 0.29) is 11.9 Å². The fourth-order valence-corrected chi connectivity index (χ4v) is 3.17. The van der Waals surface area contributed by atoms with Crippen molar-refractivity contribution in [1.82, 2.24) is 30.2 Å². The van der Waals surface area contributed by atoms with Gasteiger partial charge < -0.3 is 10.2 Å². The standard InChI is InChI=1S/C17H17N7O/c1-23-8-12(7-19-23)11-2-3-14-15(6-11)21-22-16(14)17(25)20-13-4-5-24(9-13)10-18/h2-3,6-8,13H,4-5,9H2,1H3,(H,20,25)(H,21,22)/t13-/m1/s1. The van der Waals surface area contributed by atoms with E-state index >= 15 is 0 Å². The van der Waals surface area contributed by atoms with Crippen molar-refractivity contribution in [3.05, 3.63) is 36.3 Å². The van der Waals surface area contributed by atoms with Gasteiger partial charge in [0.05, 0.1) is 11.7 Å². The third-order valence-electron chi connectivity index (χ3n) is 4.48. The van der Waals surface area contributed by atoms with Gasteiger partial charge in [0.2, 0.25) is 0 Å². The number of amides is 1. The lowest BCUT2D eigenvalue weighted by atomic mass is 10.1. The second-order valence-corrected chi connectivity index (χ2v) is 6.24. The Morgan fingerprint density at radius 1 is 1.44 bits per heavy atom. The second kappa shape index (κ2) is 5.94. The van der Waals surface area contributed by atoms with E-state index in [0.717, 1.165) is 28.5 Å². The fraction of sp³-hybridized carbons (Fsp3) is 0.294. The molecule has 0 aliphatic carbocycles. The number of carbonyl (C=O) groups excluding carboxylic acids is 1. The summed E-state index contributed by atoms with van der Waals surface area (Å²) in [6, 6.07) is 5.79. The van der Waals surface area contributed by atoms with Crippen molar-refractivity contribution < 1.29 is 4.79 Å². The molecule has 1 saturated heterocycles. The van der Waals surface area contributed by atoms with Crippen molar-refractivity contribution >= 4 is 16.8 Å². The number of hydrogen-bond donors (Lipinski definition) is 2. The Labute approximate surface area is 144 Å². The Bertz CT molecular complexity index is 980. The predicted octanol–water partition coefficient (Wildman–Crippen LogP) is 1.25. The van der Waals surface area contributed by atoms with E-state index in [1.54, 1.807) is 15.8 Å². The number of aryl methyl sites for hydroxylation is 1. The summed E-state index contributed by atoms with van der Waals surface area (Å²) in [5, 5.41) is 23.9. The zero-order chi connectivity index (χ0) is 17.4. The van der Waals surface area contributed by atoms with Gasteiger partial charge in [-0.05, 0) is 24.1 Å². The minimum atomic E-state index is -0.217. The first-order valence-electron chi connectivity index (χ1n) is 8.07. The minimum Gasteiger partial charge on any atom is -0.346 e. The topological polar surface area (TPSA) is 103 Å². The third-order valence-corrected chi connectivity index (χ3v) is 4.48. The largest absolute Gasteiger partial charge is 0.346 e. The van der Waals surface area contributed by atoms with Gasteiger partial charge in [-0.3, -0.25) is 14.6 Å². The van der Waals surface area contributed by atoms with E-state index < -0.39 is 0 Å². The van der Waals surface area contributed by atoms with Crippen LogP contribution in [0.3, 0.4) is 0 Å². The molecule has 2 N–H and O–H groups in total. The lowest BCUT2D eigenvalue weighted by Crippen LogP contribution is -2.36. The van der Waals surface area contributed by atoms with Gasteiger partial charge in [0.15, 0.2) is 11.9 Å². The van der Waals surface area contributed by atoms with Crippen molar-refractivity contribution in [2.24, 2.45) is 7.05 Å². The molecule has 0 radical (unpaired) electrons. The van der Waals surface area contributed by atoms with Gasteiger partial charge in [0, 0.05) is 43.3 Å². The summed E-state index contributed by atoms with van der Waals surface area (Å²) in [5.74, 6) is -0.217. The summed E-state index contributed by atoms with van der Waals surface area (Å²) < 4.78 is 1.75. The van der Waals surface area contributed by atoms with Crippen LogP contribution in [-0.2, 0) is 7.05 Å². The highest BCUT2D eigenvalue weighted by Crippen LogP contribution is 2.24. The molecule has 1 fully saturated rings. The molecule has 8 heteroatoms. The Balaban J connectivity index is 1.57. The molecular formula is C17H17N7O. The van der Waals surface area contributed by atoms with E-state index in [1.165, 1.54) is 0 Å². The summed E-state index contributed by atoms with van der Waals surface area (Å²) in [5.41, 5.74) is 3.20. The van der Waals surface area contributed by atoms with Crippen LogP contribution in [0, 0.1) is 11.5 Å². The van der Waals surface area contributed by atoms with Gasteiger partial charge in [0.25, 0.3) is 5.91 Å². The highest BCUT2D eigenvalue weighted by Gasteiger charge is 2.25. The molecule has 126 valence electrons. The lowest BCUT2D eigenvalue weighted by molar-refractivity contribution is 0.0935. The van der Waals surface area contributed by atoms with Crippen LogP contribution in [0.15, 0.2) is 30.6 Å². The molecule has 3 aromatic rings. The van der Waals surface area contributed by atoms with E-state index in [4.69, 9.17) is 5.26 Å². The molecule has 4 rings (SSSR count). The molecular weight excluding hydrogens is 318 g/mol. The van der Waals surface area contributed by atoms with Gasteiger partial charge in [-0.1, -0.05) is 6.07 Å². The lowest BCUT2D eigenvalue weighted by Gasteiger charge is -2.11. The van der Waals surface area contributed by atoms with Crippen molar-refractivity contribution in [2.45, 2.75) is 12.5 Å².